The molecule has 2 rings (SSSR count). The maximum atomic E-state index is 12.5. The molecule has 5 nitrogen and oxygen atoms in total. The molecule has 1 N–H and O–H groups in total. The van der Waals surface area contributed by atoms with Gasteiger partial charge in [0, 0.05) is 12.6 Å². The quantitative estimate of drug-likeness (QED) is 0.620. The highest BCUT2D eigenvalue weighted by Gasteiger charge is 2.15. The molecule has 1 atom stereocenters. The molecule has 0 aliphatic rings. The number of alkyl halides is 2. The molecule has 0 heterocycles. The Labute approximate surface area is 171 Å². The molecule has 2 aromatic rings. The smallest absolute Gasteiger partial charge is 0.387 e. The zero-order valence-corrected chi connectivity index (χ0v) is 16.7. The molecule has 0 fully saturated rings. The average molecular weight is 434 g/mol. The Bertz CT molecular complexity index is 821. The first-order chi connectivity index (χ1) is 13.3. The molecular weight excluding hydrogens is 415 g/mol. The normalized spacial score (nSPS) is 11.8. The first kappa shape index (κ1) is 22.0. The molecule has 0 radical (unpaired) electrons. The second-order valence-corrected chi connectivity index (χ2v) is 6.56. The summed E-state index contributed by atoms with van der Waals surface area (Å²) in [6.45, 7) is -1.07. The lowest BCUT2D eigenvalue weighted by atomic mass is 10.1. The van der Waals surface area contributed by atoms with E-state index in [1.54, 1.807) is 25.1 Å². The van der Waals surface area contributed by atoms with E-state index >= 15 is 0 Å². The fraction of sp³-hybridized carbons (Fsp3) is 0.316. The number of methoxy groups -OCH3 is 1. The van der Waals surface area contributed by atoms with E-state index in [0.717, 1.165) is 0 Å². The van der Waals surface area contributed by atoms with E-state index in [4.69, 9.17) is 32.7 Å². The number of amides is 1. The highest BCUT2D eigenvalue weighted by molar-refractivity contribution is 6.42. The highest BCUT2D eigenvalue weighted by atomic mass is 35.5. The van der Waals surface area contributed by atoms with Gasteiger partial charge in [0.05, 0.1) is 17.2 Å². The van der Waals surface area contributed by atoms with Crippen molar-refractivity contribution in [2.75, 3.05) is 13.7 Å². The molecule has 1 amide bonds. The number of halogens is 4. The third-order valence-corrected chi connectivity index (χ3v) is 4.47. The molecule has 0 aliphatic heterocycles. The van der Waals surface area contributed by atoms with Crippen LogP contribution in [0.2, 0.25) is 10.0 Å². The van der Waals surface area contributed by atoms with Gasteiger partial charge in [-0.25, -0.2) is 0 Å². The van der Waals surface area contributed by atoms with Crippen molar-refractivity contribution < 1.29 is 27.8 Å². The summed E-state index contributed by atoms with van der Waals surface area (Å²) in [5, 5.41) is 3.44. The van der Waals surface area contributed by atoms with E-state index in [1.165, 1.54) is 25.3 Å². The van der Waals surface area contributed by atoms with Crippen LogP contribution in [0.5, 0.6) is 17.2 Å². The van der Waals surface area contributed by atoms with Crippen molar-refractivity contribution in [3.8, 4) is 17.2 Å². The lowest BCUT2D eigenvalue weighted by Gasteiger charge is -2.15. The van der Waals surface area contributed by atoms with Crippen molar-refractivity contribution in [1.82, 2.24) is 5.32 Å². The Kier molecular flexibility index (Phi) is 8.14. The SMILES string of the molecule is COc1ccc(CCNC(=O)C(C)Oc2ccc(Cl)c(Cl)c2)cc1OC(F)F. The van der Waals surface area contributed by atoms with Crippen LogP contribution in [0.15, 0.2) is 36.4 Å². The Balaban J connectivity index is 1.87. The maximum absolute atomic E-state index is 12.5. The van der Waals surface area contributed by atoms with E-state index in [0.29, 0.717) is 27.8 Å². The minimum Gasteiger partial charge on any atom is -0.493 e. The van der Waals surface area contributed by atoms with E-state index in [1.807, 2.05) is 0 Å². The van der Waals surface area contributed by atoms with Gasteiger partial charge in [0.2, 0.25) is 0 Å². The monoisotopic (exact) mass is 433 g/mol. The zero-order chi connectivity index (χ0) is 20.7. The summed E-state index contributed by atoms with van der Waals surface area (Å²) in [6, 6.07) is 9.40. The fourth-order valence-corrected chi connectivity index (χ4v) is 2.63. The molecule has 0 aliphatic carbocycles. The van der Waals surface area contributed by atoms with Gasteiger partial charge in [-0.05, 0) is 43.2 Å². The van der Waals surface area contributed by atoms with Crippen LogP contribution in [0.25, 0.3) is 0 Å². The van der Waals surface area contributed by atoms with Crippen LogP contribution in [0, 0.1) is 0 Å². The zero-order valence-electron chi connectivity index (χ0n) is 15.2. The van der Waals surface area contributed by atoms with Crippen molar-refractivity contribution in [2.24, 2.45) is 0 Å². The van der Waals surface area contributed by atoms with Crippen LogP contribution < -0.4 is 19.5 Å². The summed E-state index contributed by atoms with van der Waals surface area (Å²) in [5.41, 5.74) is 0.704. The van der Waals surface area contributed by atoms with Gasteiger partial charge in [0.15, 0.2) is 17.6 Å². The van der Waals surface area contributed by atoms with Crippen LogP contribution in [-0.2, 0) is 11.2 Å². The van der Waals surface area contributed by atoms with Gasteiger partial charge in [-0.2, -0.15) is 8.78 Å². The number of benzene rings is 2. The highest BCUT2D eigenvalue weighted by Crippen LogP contribution is 2.29. The predicted octanol–water partition coefficient (Wildman–Crippen LogP) is 4.73. The number of carbonyl (C=O) groups excluding carboxylic acids is 1. The molecule has 0 spiro atoms. The number of ether oxygens (including phenoxy) is 3. The van der Waals surface area contributed by atoms with Crippen molar-refractivity contribution >= 4 is 29.1 Å². The van der Waals surface area contributed by atoms with Gasteiger partial charge in [-0.3, -0.25) is 4.79 Å². The van der Waals surface area contributed by atoms with Gasteiger partial charge in [0.1, 0.15) is 5.75 Å². The molecule has 2 aromatic carbocycles. The fourth-order valence-electron chi connectivity index (χ4n) is 2.35. The van der Waals surface area contributed by atoms with E-state index in [-0.39, 0.29) is 24.0 Å². The maximum Gasteiger partial charge on any atom is 0.387 e. The topological polar surface area (TPSA) is 56.8 Å². The Morgan fingerprint density at radius 2 is 1.82 bits per heavy atom. The lowest BCUT2D eigenvalue weighted by molar-refractivity contribution is -0.127. The van der Waals surface area contributed by atoms with Gasteiger partial charge in [0.25, 0.3) is 5.91 Å². The van der Waals surface area contributed by atoms with Crippen LogP contribution in [-0.4, -0.2) is 32.3 Å². The summed E-state index contributed by atoms with van der Waals surface area (Å²) in [7, 11) is 1.36. The number of hydrogen-bond donors (Lipinski definition) is 1. The minimum absolute atomic E-state index is 0.0577. The molecular formula is C19H19Cl2F2NO4. The molecule has 9 heteroatoms. The van der Waals surface area contributed by atoms with E-state index in [2.05, 4.69) is 10.1 Å². The van der Waals surface area contributed by atoms with Gasteiger partial charge < -0.3 is 19.5 Å². The van der Waals surface area contributed by atoms with Crippen molar-refractivity contribution in [2.45, 2.75) is 26.1 Å². The van der Waals surface area contributed by atoms with Gasteiger partial charge in [-0.15, -0.1) is 0 Å². The predicted molar refractivity (Wildman–Crippen MR) is 103 cm³/mol. The summed E-state index contributed by atoms with van der Waals surface area (Å²) in [5.74, 6) is 0.235. The van der Waals surface area contributed by atoms with Crippen LogP contribution in [0.4, 0.5) is 8.78 Å². The standard InChI is InChI=1S/C19H19Cl2F2NO4/c1-11(27-13-4-5-14(20)15(21)10-13)18(25)24-8-7-12-3-6-16(26-2)17(9-12)28-19(22)23/h3-6,9-11,19H,7-8H2,1-2H3,(H,24,25). The third kappa shape index (κ3) is 6.42. The first-order valence-electron chi connectivity index (χ1n) is 8.31. The molecule has 0 bridgehead atoms. The van der Waals surface area contributed by atoms with E-state index < -0.39 is 12.7 Å². The number of rotatable bonds is 9. The Morgan fingerprint density at radius 3 is 2.46 bits per heavy atom. The van der Waals surface area contributed by atoms with Crippen LogP contribution in [0.3, 0.4) is 0 Å². The Hall–Kier alpha value is -2.25. The molecule has 28 heavy (non-hydrogen) atoms. The third-order valence-electron chi connectivity index (χ3n) is 3.73. The summed E-state index contributed by atoms with van der Waals surface area (Å²) in [4.78, 5) is 12.2. The number of carbonyl (C=O) groups is 1. The largest absolute Gasteiger partial charge is 0.493 e. The summed E-state index contributed by atoms with van der Waals surface area (Å²) in [6.07, 6.45) is -0.347. The van der Waals surface area contributed by atoms with Crippen LogP contribution in [0.1, 0.15) is 12.5 Å². The Morgan fingerprint density at radius 1 is 1.07 bits per heavy atom. The molecule has 0 saturated carbocycles. The summed E-state index contributed by atoms with van der Waals surface area (Å²) < 4.78 is 39.9. The second-order valence-electron chi connectivity index (χ2n) is 5.74. The molecule has 1 unspecified atom stereocenters. The number of hydrogen-bond acceptors (Lipinski definition) is 4. The average Bonchev–Trinajstić information content (AvgIpc) is 2.64. The summed E-state index contributed by atoms with van der Waals surface area (Å²) >= 11 is 11.8. The van der Waals surface area contributed by atoms with Gasteiger partial charge in [-0.1, -0.05) is 29.3 Å². The lowest BCUT2D eigenvalue weighted by Crippen LogP contribution is -2.37. The van der Waals surface area contributed by atoms with Crippen molar-refractivity contribution in [3.63, 3.8) is 0 Å². The first-order valence-corrected chi connectivity index (χ1v) is 9.07. The van der Waals surface area contributed by atoms with Crippen molar-refractivity contribution in [1.29, 1.82) is 0 Å². The minimum atomic E-state index is -2.96. The van der Waals surface area contributed by atoms with Gasteiger partial charge >= 0.3 is 6.61 Å². The molecule has 0 saturated heterocycles. The molecule has 152 valence electrons. The number of nitrogens with one attached hydrogen (secondary N) is 1. The molecule has 0 aromatic heterocycles. The van der Waals surface area contributed by atoms with Crippen LogP contribution >= 0.6 is 23.2 Å². The van der Waals surface area contributed by atoms with Crippen molar-refractivity contribution in [3.05, 3.63) is 52.0 Å². The second kappa shape index (κ2) is 10.3. The van der Waals surface area contributed by atoms with E-state index in [9.17, 15) is 13.6 Å².